The number of anilines is 1. The molecular weight excluding hydrogens is 459 g/mol. The number of hydrogen-bond acceptors (Lipinski definition) is 5. The number of rotatable bonds is 4. The van der Waals surface area contributed by atoms with Gasteiger partial charge in [-0.15, -0.1) is 0 Å². The van der Waals surface area contributed by atoms with Gasteiger partial charge in [-0.3, -0.25) is 4.79 Å². The Morgan fingerprint density at radius 3 is 2.39 bits per heavy atom. The molecule has 33 heavy (non-hydrogen) atoms. The molecule has 1 aromatic carbocycles. The molecule has 2 aliphatic rings. The van der Waals surface area contributed by atoms with E-state index in [2.05, 4.69) is 4.98 Å². The predicted octanol–water partition coefficient (Wildman–Crippen LogP) is 4.14. The molecule has 176 valence electrons. The summed E-state index contributed by atoms with van der Waals surface area (Å²) >= 11 is 6.01. The van der Waals surface area contributed by atoms with Crippen molar-refractivity contribution in [3.63, 3.8) is 0 Å². The summed E-state index contributed by atoms with van der Waals surface area (Å²) in [5, 5.41) is -0.0939. The number of hydrogen-bond donors (Lipinski definition) is 0. The second kappa shape index (κ2) is 9.59. The second-order valence-corrected chi connectivity index (χ2v) is 8.57. The van der Waals surface area contributed by atoms with Crippen molar-refractivity contribution in [1.82, 2.24) is 9.88 Å². The summed E-state index contributed by atoms with van der Waals surface area (Å²) in [7, 11) is 0. The zero-order valence-electron chi connectivity index (χ0n) is 17.8. The normalized spacial score (nSPS) is 16.4. The number of esters is 1. The minimum atomic E-state index is -4.52. The number of benzene rings is 1. The van der Waals surface area contributed by atoms with Crippen LogP contribution in [0.25, 0.3) is 0 Å². The van der Waals surface area contributed by atoms with Crippen molar-refractivity contribution in [2.24, 2.45) is 0 Å². The highest BCUT2D eigenvalue weighted by molar-refractivity contribution is 6.33. The highest BCUT2D eigenvalue weighted by Crippen LogP contribution is 2.33. The van der Waals surface area contributed by atoms with Crippen molar-refractivity contribution in [2.75, 3.05) is 37.7 Å². The Labute approximate surface area is 194 Å². The van der Waals surface area contributed by atoms with E-state index in [4.69, 9.17) is 16.3 Å². The summed E-state index contributed by atoms with van der Waals surface area (Å²) in [5.41, 5.74) is 1.95. The molecule has 1 fully saturated rings. The van der Waals surface area contributed by atoms with Crippen LogP contribution in [0.1, 0.15) is 39.9 Å². The molecule has 2 heterocycles. The van der Waals surface area contributed by atoms with E-state index in [0.29, 0.717) is 31.7 Å². The van der Waals surface area contributed by atoms with E-state index in [9.17, 15) is 22.8 Å². The maximum Gasteiger partial charge on any atom is 0.417 e. The monoisotopic (exact) mass is 481 g/mol. The van der Waals surface area contributed by atoms with Crippen LogP contribution in [0.3, 0.4) is 0 Å². The van der Waals surface area contributed by atoms with E-state index < -0.39 is 17.7 Å². The van der Waals surface area contributed by atoms with E-state index >= 15 is 0 Å². The first-order valence-electron chi connectivity index (χ1n) is 10.8. The van der Waals surface area contributed by atoms with E-state index in [-0.39, 0.29) is 23.4 Å². The molecule has 1 saturated heterocycles. The molecule has 10 heteroatoms. The number of alkyl halides is 3. The average Bonchev–Trinajstić information content (AvgIpc) is 2.81. The van der Waals surface area contributed by atoms with Crippen LogP contribution in [0.15, 0.2) is 30.5 Å². The molecule has 1 aliphatic carbocycles. The third-order valence-corrected chi connectivity index (χ3v) is 6.27. The number of carbonyl (C=O) groups excluding carboxylic acids is 2. The lowest BCUT2D eigenvalue weighted by molar-refractivity contribution is -0.138. The first-order chi connectivity index (χ1) is 15.7. The Morgan fingerprint density at radius 1 is 1.03 bits per heavy atom. The number of aryl methyl sites for hydroxylation is 2. The van der Waals surface area contributed by atoms with Gasteiger partial charge < -0.3 is 14.5 Å². The number of carbonyl (C=O) groups is 2. The molecule has 1 aromatic heterocycles. The molecule has 1 aliphatic heterocycles. The van der Waals surface area contributed by atoms with Crippen LogP contribution in [0.2, 0.25) is 5.02 Å². The SMILES string of the molecule is O=C(OCC(=O)N1CCN(c2ncc(C(F)(F)F)cc2Cl)CC1)c1ccc2c(c1)CCCC2. The molecule has 0 N–H and O–H groups in total. The van der Waals surface area contributed by atoms with Gasteiger partial charge in [0.2, 0.25) is 0 Å². The maximum atomic E-state index is 12.8. The van der Waals surface area contributed by atoms with Gasteiger partial charge in [-0.05, 0) is 55.0 Å². The second-order valence-electron chi connectivity index (χ2n) is 8.16. The van der Waals surface area contributed by atoms with Crippen LogP contribution in [-0.2, 0) is 28.5 Å². The van der Waals surface area contributed by atoms with Crippen LogP contribution in [-0.4, -0.2) is 54.5 Å². The third-order valence-electron chi connectivity index (χ3n) is 5.99. The summed E-state index contributed by atoms with van der Waals surface area (Å²) in [6.45, 7) is 0.961. The van der Waals surface area contributed by atoms with Crippen molar-refractivity contribution in [1.29, 1.82) is 0 Å². The number of nitrogens with zero attached hydrogens (tertiary/aromatic N) is 3. The van der Waals surface area contributed by atoms with Gasteiger partial charge in [-0.2, -0.15) is 13.2 Å². The van der Waals surface area contributed by atoms with Gasteiger partial charge in [0.1, 0.15) is 5.82 Å². The Morgan fingerprint density at radius 2 is 1.73 bits per heavy atom. The highest BCUT2D eigenvalue weighted by atomic mass is 35.5. The van der Waals surface area contributed by atoms with Crippen molar-refractivity contribution in [2.45, 2.75) is 31.9 Å². The van der Waals surface area contributed by atoms with Gasteiger partial charge in [0.05, 0.1) is 16.1 Å². The van der Waals surface area contributed by atoms with Crippen LogP contribution >= 0.6 is 11.6 Å². The first-order valence-corrected chi connectivity index (χ1v) is 11.1. The van der Waals surface area contributed by atoms with Crippen LogP contribution in [0.5, 0.6) is 0 Å². The summed E-state index contributed by atoms with van der Waals surface area (Å²) in [6, 6.07) is 6.38. The van der Waals surface area contributed by atoms with Gasteiger partial charge in [0.25, 0.3) is 5.91 Å². The molecule has 0 radical (unpaired) electrons. The lowest BCUT2D eigenvalue weighted by atomic mass is 9.90. The first kappa shape index (κ1) is 23.4. The number of ether oxygens (including phenoxy) is 1. The molecule has 4 rings (SSSR count). The van der Waals surface area contributed by atoms with Gasteiger partial charge in [0, 0.05) is 32.4 Å². The molecule has 6 nitrogen and oxygen atoms in total. The average molecular weight is 482 g/mol. The maximum absolute atomic E-state index is 12.8. The molecule has 0 atom stereocenters. The summed E-state index contributed by atoms with van der Waals surface area (Å²) < 4.78 is 43.6. The van der Waals surface area contributed by atoms with E-state index in [1.165, 1.54) is 5.56 Å². The summed E-state index contributed by atoms with van der Waals surface area (Å²) in [5.74, 6) is -0.612. The molecule has 0 unspecified atom stereocenters. The smallest absolute Gasteiger partial charge is 0.417 e. The lowest BCUT2D eigenvalue weighted by Gasteiger charge is -2.35. The molecular formula is C23H23ClF3N3O3. The topological polar surface area (TPSA) is 62.7 Å². The van der Waals surface area contributed by atoms with E-state index in [1.807, 2.05) is 12.1 Å². The number of aromatic nitrogens is 1. The highest BCUT2D eigenvalue weighted by Gasteiger charge is 2.32. The minimum Gasteiger partial charge on any atom is -0.452 e. The number of pyridine rings is 1. The van der Waals surface area contributed by atoms with Gasteiger partial charge >= 0.3 is 12.1 Å². The van der Waals surface area contributed by atoms with Crippen LogP contribution < -0.4 is 4.90 Å². The number of amides is 1. The molecule has 0 saturated carbocycles. The zero-order chi connectivity index (χ0) is 23.6. The molecule has 0 spiro atoms. The van der Waals surface area contributed by atoms with Gasteiger partial charge in [-0.1, -0.05) is 17.7 Å². The summed E-state index contributed by atoms with van der Waals surface area (Å²) in [6.07, 6.45) is 0.443. The zero-order valence-corrected chi connectivity index (χ0v) is 18.6. The molecule has 1 amide bonds. The summed E-state index contributed by atoms with van der Waals surface area (Å²) in [4.78, 5) is 32.0. The van der Waals surface area contributed by atoms with Crippen molar-refractivity contribution in [3.8, 4) is 0 Å². The van der Waals surface area contributed by atoms with E-state index in [0.717, 1.165) is 43.5 Å². The van der Waals surface area contributed by atoms with Gasteiger partial charge in [-0.25, -0.2) is 9.78 Å². The number of halogens is 4. The van der Waals surface area contributed by atoms with Crippen molar-refractivity contribution < 1.29 is 27.5 Å². The van der Waals surface area contributed by atoms with Crippen LogP contribution in [0.4, 0.5) is 19.0 Å². The van der Waals surface area contributed by atoms with E-state index in [1.54, 1.807) is 15.9 Å². The molecule has 2 aromatic rings. The fourth-order valence-electron chi connectivity index (χ4n) is 4.15. The third kappa shape index (κ3) is 5.40. The molecule has 0 bridgehead atoms. The Hall–Kier alpha value is -2.81. The Balaban J connectivity index is 1.29. The predicted molar refractivity (Wildman–Crippen MR) is 116 cm³/mol. The van der Waals surface area contributed by atoms with Gasteiger partial charge in [0.15, 0.2) is 6.61 Å². The number of piperazine rings is 1. The standard InChI is InChI=1S/C23H23ClF3N3O3/c24-19-12-18(23(25,26)27)13-28-21(19)30-9-7-29(8-10-30)20(31)14-33-22(32)17-6-5-15-3-1-2-4-16(15)11-17/h5-6,11-13H,1-4,7-10,14H2. The van der Waals surface area contributed by atoms with Crippen molar-refractivity contribution >= 4 is 29.3 Å². The van der Waals surface area contributed by atoms with Crippen LogP contribution in [0, 0.1) is 0 Å². The Kier molecular flexibility index (Phi) is 6.78. The largest absolute Gasteiger partial charge is 0.452 e. The minimum absolute atomic E-state index is 0.0939. The van der Waals surface area contributed by atoms with Crippen molar-refractivity contribution in [3.05, 3.63) is 57.7 Å². The quantitative estimate of drug-likeness (QED) is 0.614. The Bertz CT molecular complexity index is 1050. The fraction of sp³-hybridized carbons (Fsp3) is 0.435. The fourth-order valence-corrected chi connectivity index (χ4v) is 4.43. The number of fused-ring (bicyclic) bond motifs is 1. The lowest BCUT2D eigenvalue weighted by Crippen LogP contribution is -2.50.